The van der Waals surface area contributed by atoms with Gasteiger partial charge in [0.1, 0.15) is 0 Å². The number of carbonyl (C=O) groups is 2. The van der Waals surface area contributed by atoms with Crippen molar-refractivity contribution in [3.8, 4) is 0 Å². The average Bonchev–Trinajstić information content (AvgIpc) is 2.90. The van der Waals surface area contributed by atoms with Gasteiger partial charge in [0.25, 0.3) is 0 Å². The SMILES string of the molecule is CCOC(=O)[C@H]1ON[C@H]2c3ccccc3N(C)C(=O)[C@H]12. The maximum Gasteiger partial charge on any atom is 0.338 e. The highest BCUT2D eigenvalue weighted by atomic mass is 16.7. The van der Waals surface area contributed by atoms with Crippen LogP contribution in [0.2, 0.25) is 0 Å². The quantitative estimate of drug-likeness (QED) is 0.809. The molecule has 0 spiro atoms. The Morgan fingerprint density at radius 2 is 2.20 bits per heavy atom. The van der Waals surface area contributed by atoms with E-state index >= 15 is 0 Å². The van der Waals surface area contributed by atoms with Crippen molar-refractivity contribution in [3.63, 3.8) is 0 Å². The Hall–Kier alpha value is -1.92. The van der Waals surface area contributed by atoms with Gasteiger partial charge in [0.05, 0.1) is 18.6 Å². The van der Waals surface area contributed by atoms with E-state index in [4.69, 9.17) is 9.57 Å². The zero-order chi connectivity index (χ0) is 14.3. The number of nitrogens with one attached hydrogen (secondary N) is 1. The highest BCUT2D eigenvalue weighted by Crippen LogP contribution is 2.42. The summed E-state index contributed by atoms with van der Waals surface area (Å²) in [6.07, 6.45) is -0.900. The third kappa shape index (κ3) is 1.80. The van der Waals surface area contributed by atoms with Gasteiger partial charge in [-0.2, -0.15) is 5.48 Å². The highest BCUT2D eigenvalue weighted by molar-refractivity contribution is 6.01. The highest BCUT2D eigenvalue weighted by Gasteiger charge is 2.52. The first-order valence-electron chi connectivity index (χ1n) is 6.59. The van der Waals surface area contributed by atoms with Crippen LogP contribution in [0.1, 0.15) is 18.5 Å². The molecule has 1 aromatic rings. The van der Waals surface area contributed by atoms with Crippen LogP contribution in [-0.4, -0.2) is 31.6 Å². The predicted octanol–water partition coefficient (Wildman–Crippen LogP) is 0.787. The fourth-order valence-electron chi connectivity index (χ4n) is 2.81. The monoisotopic (exact) mass is 276 g/mol. The Morgan fingerprint density at radius 3 is 2.95 bits per heavy atom. The lowest BCUT2D eigenvalue weighted by Crippen LogP contribution is -2.46. The molecular formula is C14H16N2O4. The number of hydroxylamine groups is 1. The van der Waals surface area contributed by atoms with Crippen molar-refractivity contribution in [2.24, 2.45) is 5.92 Å². The van der Waals surface area contributed by atoms with E-state index in [1.807, 2.05) is 24.3 Å². The first kappa shape index (κ1) is 13.1. The Bertz CT molecular complexity index is 560. The third-order valence-corrected chi connectivity index (χ3v) is 3.78. The van der Waals surface area contributed by atoms with Gasteiger partial charge in [0.2, 0.25) is 5.91 Å². The van der Waals surface area contributed by atoms with E-state index in [1.165, 1.54) is 0 Å². The topological polar surface area (TPSA) is 67.9 Å². The summed E-state index contributed by atoms with van der Waals surface area (Å²) < 4.78 is 4.97. The molecule has 6 heteroatoms. The molecule has 1 amide bonds. The summed E-state index contributed by atoms with van der Waals surface area (Å²) in [5.41, 5.74) is 4.59. The van der Waals surface area contributed by atoms with Crippen molar-refractivity contribution in [3.05, 3.63) is 29.8 Å². The van der Waals surface area contributed by atoms with Crippen molar-refractivity contribution in [1.82, 2.24) is 5.48 Å². The van der Waals surface area contributed by atoms with Gasteiger partial charge >= 0.3 is 5.97 Å². The molecule has 20 heavy (non-hydrogen) atoms. The number of carbonyl (C=O) groups excluding carboxylic acids is 2. The lowest BCUT2D eigenvalue weighted by molar-refractivity contribution is -0.160. The van der Waals surface area contributed by atoms with Crippen molar-refractivity contribution in [1.29, 1.82) is 0 Å². The Kier molecular flexibility index (Phi) is 3.19. The fourth-order valence-corrected chi connectivity index (χ4v) is 2.81. The van der Waals surface area contributed by atoms with E-state index in [0.717, 1.165) is 11.3 Å². The minimum atomic E-state index is -0.900. The first-order chi connectivity index (χ1) is 9.65. The molecule has 2 heterocycles. The molecule has 106 valence electrons. The number of hydrogen-bond donors (Lipinski definition) is 1. The normalized spacial score (nSPS) is 28.0. The maximum atomic E-state index is 12.5. The number of ether oxygens (including phenoxy) is 1. The zero-order valence-electron chi connectivity index (χ0n) is 11.3. The number of amides is 1. The summed E-state index contributed by atoms with van der Waals surface area (Å²) in [5.74, 6) is -1.24. The molecule has 1 fully saturated rings. The smallest absolute Gasteiger partial charge is 0.338 e. The second-order valence-corrected chi connectivity index (χ2v) is 4.87. The minimum absolute atomic E-state index is 0.142. The second-order valence-electron chi connectivity index (χ2n) is 4.87. The average molecular weight is 276 g/mol. The van der Waals surface area contributed by atoms with Crippen LogP contribution >= 0.6 is 0 Å². The number of benzene rings is 1. The van der Waals surface area contributed by atoms with E-state index in [1.54, 1.807) is 18.9 Å². The van der Waals surface area contributed by atoms with Crippen LogP contribution in [0.3, 0.4) is 0 Å². The number of esters is 1. The molecule has 1 aromatic carbocycles. The summed E-state index contributed by atoms with van der Waals surface area (Å²) in [5, 5.41) is 0. The zero-order valence-corrected chi connectivity index (χ0v) is 11.3. The number of rotatable bonds is 2. The molecule has 0 radical (unpaired) electrons. The number of anilines is 1. The van der Waals surface area contributed by atoms with Gasteiger partial charge in [-0.3, -0.25) is 9.63 Å². The Balaban J connectivity index is 1.98. The number of hydrogen-bond acceptors (Lipinski definition) is 5. The summed E-state index contributed by atoms with van der Waals surface area (Å²) >= 11 is 0. The van der Waals surface area contributed by atoms with Crippen molar-refractivity contribution >= 4 is 17.6 Å². The van der Waals surface area contributed by atoms with Crippen LogP contribution in [0.5, 0.6) is 0 Å². The molecule has 0 unspecified atom stereocenters. The van der Waals surface area contributed by atoms with Crippen LogP contribution in [0.4, 0.5) is 5.69 Å². The van der Waals surface area contributed by atoms with E-state index in [2.05, 4.69) is 5.48 Å². The maximum absolute atomic E-state index is 12.5. The Morgan fingerprint density at radius 1 is 1.45 bits per heavy atom. The summed E-state index contributed by atoms with van der Waals surface area (Å²) in [6, 6.07) is 7.27. The summed E-state index contributed by atoms with van der Waals surface area (Å²) in [4.78, 5) is 31.3. The van der Waals surface area contributed by atoms with E-state index in [9.17, 15) is 9.59 Å². The van der Waals surface area contributed by atoms with Crippen molar-refractivity contribution in [2.75, 3.05) is 18.6 Å². The molecule has 2 aliphatic heterocycles. The molecule has 0 aliphatic carbocycles. The van der Waals surface area contributed by atoms with Gasteiger partial charge in [-0.25, -0.2) is 4.79 Å². The Labute approximate surface area is 116 Å². The molecule has 2 aliphatic rings. The van der Waals surface area contributed by atoms with Crippen molar-refractivity contribution < 1.29 is 19.2 Å². The third-order valence-electron chi connectivity index (χ3n) is 3.78. The molecule has 1 N–H and O–H groups in total. The molecule has 0 saturated carbocycles. The number of fused-ring (bicyclic) bond motifs is 3. The predicted molar refractivity (Wildman–Crippen MR) is 70.7 cm³/mol. The van der Waals surface area contributed by atoms with E-state index in [-0.39, 0.29) is 18.6 Å². The standard InChI is InChI=1S/C14H16N2O4/c1-3-19-14(18)12-10-11(15-20-12)8-6-4-5-7-9(8)16(2)13(10)17/h4-7,10-12,15H,3H2,1-2H3/t10-,11-,12-/m0/s1. The van der Waals surface area contributed by atoms with E-state index < -0.39 is 18.0 Å². The summed E-state index contributed by atoms with van der Waals surface area (Å²) in [7, 11) is 1.71. The molecule has 0 bridgehead atoms. The van der Waals surface area contributed by atoms with Gasteiger partial charge in [-0.15, -0.1) is 0 Å². The fraction of sp³-hybridized carbons (Fsp3) is 0.429. The van der Waals surface area contributed by atoms with Crippen LogP contribution in [0, 0.1) is 5.92 Å². The van der Waals surface area contributed by atoms with Crippen LogP contribution in [0.25, 0.3) is 0 Å². The molecule has 1 saturated heterocycles. The minimum Gasteiger partial charge on any atom is -0.464 e. The molecule has 3 rings (SSSR count). The lowest BCUT2D eigenvalue weighted by Gasteiger charge is -2.33. The second kappa shape index (κ2) is 4.88. The van der Waals surface area contributed by atoms with Gasteiger partial charge in [-0.05, 0) is 18.6 Å². The summed E-state index contributed by atoms with van der Waals surface area (Å²) in [6.45, 7) is 1.98. The molecule has 6 nitrogen and oxygen atoms in total. The van der Waals surface area contributed by atoms with Gasteiger partial charge < -0.3 is 9.64 Å². The van der Waals surface area contributed by atoms with Gasteiger partial charge in [0, 0.05) is 12.7 Å². The molecule has 0 aromatic heterocycles. The number of para-hydroxylation sites is 1. The van der Waals surface area contributed by atoms with Gasteiger partial charge in [-0.1, -0.05) is 18.2 Å². The molecular weight excluding hydrogens is 260 g/mol. The number of nitrogens with zero attached hydrogens (tertiary/aromatic N) is 1. The lowest BCUT2D eigenvalue weighted by atomic mass is 9.84. The first-order valence-corrected chi connectivity index (χ1v) is 6.59. The van der Waals surface area contributed by atoms with Crippen LogP contribution in [-0.2, 0) is 19.2 Å². The van der Waals surface area contributed by atoms with Gasteiger partial charge in [0.15, 0.2) is 6.10 Å². The van der Waals surface area contributed by atoms with E-state index in [0.29, 0.717) is 0 Å². The largest absolute Gasteiger partial charge is 0.464 e. The van der Waals surface area contributed by atoms with Crippen molar-refractivity contribution in [2.45, 2.75) is 19.1 Å². The molecule has 3 atom stereocenters. The van der Waals surface area contributed by atoms with Crippen LogP contribution < -0.4 is 10.4 Å². The van der Waals surface area contributed by atoms with Crippen LogP contribution in [0.15, 0.2) is 24.3 Å².